The second-order valence-corrected chi connectivity index (χ2v) is 7.28. The molecule has 0 unspecified atom stereocenters. The Morgan fingerprint density at radius 2 is 2.33 bits per heavy atom. The molecule has 2 aromatic heterocycles. The smallest absolute Gasteiger partial charge is 0.318 e. The molecular formula is C17H23N3O3S. The van der Waals surface area contributed by atoms with Crippen LogP contribution in [0.15, 0.2) is 16.5 Å². The summed E-state index contributed by atoms with van der Waals surface area (Å²) in [5.41, 5.74) is 0.992. The number of nitrogens with one attached hydrogen (secondary N) is 1. The summed E-state index contributed by atoms with van der Waals surface area (Å²) in [5, 5.41) is 4.04. The highest BCUT2D eigenvalue weighted by atomic mass is 32.1. The van der Waals surface area contributed by atoms with E-state index in [2.05, 4.69) is 10.3 Å². The zero-order valence-electron chi connectivity index (χ0n) is 14.3. The lowest BCUT2D eigenvalue weighted by molar-refractivity contribution is 0.156. The van der Waals surface area contributed by atoms with Crippen LogP contribution < -0.4 is 5.32 Å². The Morgan fingerprint density at radius 3 is 3.04 bits per heavy atom. The van der Waals surface area contributed by atoms with Crippen LogP contribution in [0, 0.1) is 13.8 Å². The van der Waals surface area contributed by atoms with Gasteiger partial charge in [0.05, 0.1) is 23.3 Å². The molecule has 0 saturated carbocycles. The summed E-state index contributed by atoms with van der Waals surface area (Å²) in [7, 11) is 1.64. The van der Waals surface area contributed by atoms with Crippen molar-refractivity contribution in [2.75, 3.05) is 13.7 Å². The molecule has 7 heteroatoms. The molecule has 3 rings (SSSR count). The summed E-state index contributed by atoms with van der Waals surface area (Å²) in [5.74, 6) is 1.62. The summed E-state index contributed by atoms with van der Waals surface area (Å²) in [6, 6.07) is 3.81. The van der Waals surface area contributed by atoms with Crippen LogP contribution in [0.4, 0.5) is 4.79 Å². The van der Waals surface area contributed by atoms with Gasteiger partial charge in [0.2, 0.25) is 0 Å². The van der Waals surface area contributed by atoms with Crippen molar-refractivity contribution >= 4 is 17.4 Å². The molecule has 24 heavy (non-hydrogen) atoms. The van der Waals surface area contributed by atoms with E-state index in [1.165, 1.54) is 0 Å². The van der Waals surface area contributed by atoms with Gasteiger partial charge in [0.1, 0.15) is 18.1 Å². The highest BCUT2D eigenvalue weighted by Crippen LogP contribution is 2.33. The first-order valence-corrected chi connectivity index (χ1v) is 8.95. The summed E-state index contributed by atoms with van der Waals surface area (Å²) in [4.78, 5) is 19.9. The van der Waals surface area contributed by atoms with Gasteiger partial charge in [0, 0.05) is 18.5 Å². The molecule has 130 valence electrons. The van der Waals surface area contributed by atoms with Gasteiger partial charge in [-0.1, -0.05) is 0 Å². The molecule has 6 nitrogen and oxygen atoms in total. The van der Waals surface area contributed by atoms with Gasteiger partial charge in [-0.15, -0.1) is 11.3 Å². The molecule has 1 fully saturated rings. The summed E-state index contributed by atoms with van der Waals surface area (Å²) in [6.45, 7) is 5.67. The number of nitrogens with zero attached hydrogens (tertiary/aromatic N) is 2. The predicted octanol–water partition coefficient (Wildman–Crippen LogP) is 3.55. The monoisotopic (exact) mass is 349 g/mol. The van der Waals surface area contributed by atoms with Gasteiger partial charge in [0.15, 0.2) is 0 Å². The van der Waals surface area contributed by atoms with Crippen molar-refractivity contribution in [3.63, 3.8) is 0 Å². The average molecular weight is 349 g/mol. The third-order valence-electron chi connectivity index (χ3n) is 4.21. The predicted molar refractivity (Wildman–Crippen MR) is 91.9 cm³/mol. The van der Waals surface area contributed by atoms with E-state index in [9.17, 15) is 4.79 Å². The van der Waals surface area contributed by atoms with Crippen LogP contribution in [-0.4, -0.2) is 29.6 Å². The quantitative estimate of drug-likeness (QED) is 0.896. The number of hydrogen-bond acceptors (Lipinski definition) is 5. The lowest BCUT2D eigenvalue weighted by Crippen LogP contribution is -2.39. The largest absolute Gasteiger partial charge is 0.461 e. The molecule has 1 aliphatic heterocycles. The number of methoxy groups -OCH3 is 1. The van der Waals surface area contributed by atoms with Crippen LogP contribution in [0.5, 0.6) is 0 Å². The van der Waals surface area contributed by atoms with Crippen LogP contribution >= 0.6 is 11.3 Å². The van der Waals surface area contributed by atoms with Gasteiger partial charge in [-0.3, -0.25) is 0 Å². The van der Waals surface area contributed by atoms with Crippen molar-refractivity contribution in [2.45, 2.75) is 45.9 Å². The molecule has 3 heterocycles. The Morgan fingerprint density at radius 1 is 1.50 bits per heavy atom. The minimum absolute atomic E-state index is 0.0000927. The van der Waals surface area contributed by atoms with E-state index in [1.807, 2.05) is 30.9 Å². The molecule has 2 aromatic rings. The van der Waals surface area contributed by atoms with Crippen molar-refractivity contribution in [3.05, 3.63) is 39.2 Å². The first-order valence-electron chi connectivity index (χ1n) is 8.13. The SMILES string of the molecule is COCc1ccc([C@H]2CCCN2C(=O)NCc2sc(C)nc2C)o1. The maximum absolute atomic E-state index is 12.6. The van der Waals surface area contributed by atoms with Crippen molar-refractivity contribution < 1.29 is 13.9 Å². The lowest BCUT2D eigenvalue weighted by Gasteiger charge is -2.23. The zero-order valence-corrected chi connectivity index (χ0v) is 15.1. The third kappa shape index (κ3) is 3.62. The van der Waals surface area contributed by atoms with Gasteiger partial charge in [-0.05, 0) is 38.8 Å². The fourth-order valence-corrected chi connectivity index (χ4v) is 3.97. The minimum Gasteiger partial charge on any atom is -0.461 e. The molecule has 1 saturated heterocycles. The van der Waals surface area contributed by atoms with Crippen LogP contribution in [0.3, 0.4) is 0 Å². The number of urea groups is 1. The van der Waals surface area contributed by atoms with Gasteiger partial charge in [0.25, 0.3) is 0 Å². The molecule has 2 amide bonds. The third-order valence-corrected chi connectivity index (χ3v) is 5.28. The number of aryl methyl sites for hydroxylation is 2. The van der Waals surface area contributed by atoms with Crippen LogP contribution in [0.1, 0.15) is 46.0 Å². The number of carbonyl (C=O) groups excluding carboxylic acids is 1. The molecule has 0 radical (unpaired) electrons. The summed E-state index contributed by atoms with van der Waals surface area (Å²) < 4.78 is 10.9. The van der Waals surface area contributed by atoms with Crippen molar-refractivity contribution in [2.24, 2.45) is 0 Å². The molecule has 1 aliphatic rings. The fourth-order valence-electron chi connectivity index (χ4n) is 3.09. The lowest BCUT2D eigenvalue weighted by atomic mass is 10.2. The van der Waals surface area contributed by atoms with Crippen molar-refractivity contribution in [1.82, 2.24) is 15.2 Å². The second kappa shape index (κ2) is 7.36. The number of rotatable bonds is 5. The van der Waals surface area contributed by atoms with E-state index in [4.69, 9.17) is 9.15 Å². The number of hydrogen-bond donors (Lipinski definition) is 1. The standard InChI is InChI=1S/C17H23N3O3S/c1-11-16(24-12(2)19-11)9-18-17(21)20-8-4-5-14(20)15-7-6-13(23-15)10-22-3/h6-7,14H,4-5,8-10H2,1-3H3,(H,18,21)/t14-/m1/s1. The van der Waals surface area contributed by atoms with Gasteiger partial charge < -0.3 is 19.4 Å². The first-order chi connectivity index (χ1) is 11.6. The normalized spacial score (nSPS) is 17.5. The van der Waals surface area contributed by atoms with Gasteiger partial charge >= 0.3 is 6.03 Å². The Bertz CT molecular complexity index is 710. The number of likely N-dealkylation sites (tertiary alicyclic amines) is 1. The van der Waals surface area contributed by atoms with E-state index in [1.54, 1.807) is 18.4 Å². The Kier molecular flexibility index (Phi) is 5.20. The minimum atomic E-state index is -0.0485. The molecule has 0 aliphatic carbocycles. The van der Waals surface area contributed by atoms with E-state index in [0.717, 1.165) is 46.5 Å². The number of amides is 2. The van der Waals surface area contributed by atoms with Crippen molar-refractivity contribution in [1.29, 1.82) is 0 Å². The van der Waals surface area contributed by atoms with Crippen LogP contribution in [0.2, 0.25) is 0 Å². The van der Waals surface area contributed by atoms with Gasteiger partial charge in [-0.2, -0.15) is 0 Å². The molecule has 0 bridgehead atoms. The first kappa shape index (κ1) is 17.0. The topological polar surface area (TPSA) is 67.6 Å². The fraction of sp³-hybridized carbons (Fsp3) is 0.529. The maximum Gasteiger partial charge on any atom is 0.318 e. The maximum atomic E-state index is 12.6. The second-order valence-electron chi connectivity index (χ2n) is 5.99. The molecular weight excluding hydrogens is 326 g/mol. The molecule has 1 N–H and O–H groups in total. The van der Waals surface area contributed by atoms with Crippen LogP contribution in [-0.2, 0) is 17.9 Å². The Labute approximate surface area is 145 Å². The molecule has 1 atom stereocenters. The van der Waals surface area contributed by atoms with E-state index < -0.39 is 0 Å². The Hall–Kier alpha value is -1.86. The highest BCUT2D eigenvalue weighted by molar-refractivity contribution is 7.11. The summed E-state index contributed by atoms with van der Waals surface area (Å²) >= 11 is 1.63. The summed E-state index contributed by atoms with van der Waals surface area (Å²) in [6.07, 6.45) is 1.91. The Balaban J connectivity index is 1.63. The van der Waals surface area contributed by atoms with E-state index >= 15 is 0 Å². The van der Waals surface area contributed by atoms with Crippen LogP contribution in [0.25, 0.3) is 0 Å². The van der Waals surface area contributed by atoms with Gasteiger partial charge in [-0.25, -0.2) is 9.78 Å². The van der Waals surface area contributed by atoms with Crippen molar-refractivity contribution in [3.8, 4) is 0 Å². The average Bonchev–Trinajstić information content (AvgIpc) is 3.25. The number of ether oxygens (including phenoxy) is 1. The van der Waals surface area contributed by atoms with E-state index in [-0.39, 0.29) is 12.1 Å². The van der Waals surface area contributed by atoms with E-state index in [0.29, 0.717) is 13.2 Å². The number of thiazole rings is 1. The molecule has 0 spiro atoms. The number of carbonyl (C=O) groups is 1. The molecule has 0 aromatic carbocycles. The zero-order chi connectivity index (χ0) is 17.1. The number of furan rings is 1. The number of aromatic nitrogens is 1. The highest BCUT2D eigenvalue weighted by Gasteiger charge is 2.32.